The first-order valence-electron chi connectivity index (χ1n) is 10.3. The quantitative estimate of drug-likeness (QED) is 0.371. The number of hydrogen-bond acceptors (Lipinski definition) is 2. The highest BCUT2D eigenvalue weighted by Crippen LogP contribution is 2.37. The molecule has 1 aliphatic rings. The molecule has 26 heavy (non-hydrogen) atoms. The predicted octanol–water partition coefficient (Wildman–Crippen LogP) is 6.34. The lowest BCUT2D eigenvalue weighted by Gasteiger charge is -2.28. The largest absolute Gasteiger partial charge is 0.494 e. The van der Waals surface area contributed by atoms with Gasteiger partial charge in [0.15, 0.2) is 0 Å². The average molecular weight is 359 g/mol. The maximum Gasteiger partial charge on any atom is 0.327 e. The molecule has 0 heterocycles. The van der Waals surface area contributed by atoms with E-state index in [9.17, 15) is 4.79 Å². The SMILES string of the molecule is CCCCCCCOc1ccc(C2CCC(C/C=C/C(=O)O)CC2)cc1. The van der Waals surface area contributed by atoms with Gasteiger partial charge in [0.2, 0.25) is 0 Å². The van der Waals surface area contributed by atoms with E-state index in [1.807, 2.05) is 6.08 Å². The Morgan fingerprint density at radius 2 is 1.77 bits per heavy atom. The van der Waals surface area contributed by atoms with Gasteiger partial charge in [-0.1, -0.05) is 50.8 Å². The van der Waals surface area contributed by atoms with Crippen molar-refractivity contribution in [3.8, 4) is 5.75 Å². The van der Waals surface area contributed by atoms with Gasteiger partial charge in [-0.25, -0.2) is 4.79 Å². The molecule has 0 bridgehead atoms. The van der Waals surface area contributed by atoms with Gasteiger partial charge in [-0.3, -0.25) is 0 Å². The number of hydrogen-bond donors (Lipinski definition) is 1. The van der Waals surface area contributed by atoms with E-state index in [1.54, 1.807) is 0 Å². The Morgan fingerprint density at radius 3 is 2.42 bits per heavy atom. The summed E-state index contributed by atoms with van der Waals surface area (Å²) in [7, 11) is 0. The predicted molar refractivity (Wildman–Crippen MR) is 107 cm³/mol. The summed E-state index contributed by atoms with van der Waals surface area (Å²) < 4.78 is 5.85. The van der Waals surface area contributed by atoms with Crippen LogP contribution < -0.4 is 4.74 Å². The molecule has 0 unspecified atom stereocenters. The van der Waals surface area contributed by atoms with Crippen molar-refractivity contribution in [2.45, 2.75) is 77.0 Å². The normalized spacial score (nSPS) is 20.3. The lowest BCUT2D eigenvalue weighted by atomic mass is 9.77. The van der Waals surface area contributed by atoms with Gasteiger partial charge in [0.05, 0.1) is 6.61 Å². The molecule has 1 saturated carbocycles. The number of aliphatic carboxylic acids is 1. The minimum Gasteiger partial charge on any atom is -0.494 e. The third-order valence-electron chi connectivity index (χ3n) is 5.44. The second-order valence-electron chi connectivity index (χ2n) is 7.53. The minimum absolute atomic E-state index is 0.636. The van der Waals surface area contributed by atoms with E-state index >= 15 is 0 Å². The molecule has 1 fully saturated rings. The topological polar surface area (TPSA) is 46.5 Å². The van der Waals surface area contributed by atoms with Crippen LogP contribution in [0.5, 0.6) is 5.75 Å². The molecule has 144 valence electrons. The van der Waals surface area contributed by atoms with Crippen LogP contribution >= 0.6 is 0 Å². The number of ether oxygens (including phenoxy) is 1. The number of rotatable bonds is 11. The molecule has 0 radical (unpaired) electrons. The Bertz CT molecular complexity index is 539. The first-order valence-corrected chi connectivity index (χ1v) is 10.3. The number of carboxylic acid groups (broad SMARTS) is 1. The number of carbonyl (C=O) groups is 1. The summed E-state index contributed by atoms with van der Waals surface area (Å²) in [5.41, 5.74) is 1.42. The van der Waals surface area contributed by atoms with E-state index in [-0.39, 0.29) is 0 Å². The molecule has 0 amide bonds. The summed E-state index contributed by atoms with van der Waals surface area (Å²) in [6.07, 6.45) is 15.1. The third-order valence-corrected chi connectivity index (χ3v) is 5.44. The van der Waals surface area contributed by atoms with E-state index in [0.29, 0.717) is 11.8 Å². The monoisotopic (exact) mass is 358 g/mol. The molecule has 1 aromatic carbocycles. The highest BCUT2D eigenvalue weighted by Gasteiger charge is 2.21. The molecule has 2 rings (SSSR count). The van der Waals surface area contributed by atoms with E-state index in [1.165, 1.54) is 63.0 Å². The van der Waals surface area contributed by atoms with Gasteiger partial charge in [0, 0.05) is 6.08 Å². The van der Waals surface area contributed by atoms with Gasteiger partial charge >= 0.3 is 5.97 Å². The summed E-state index contributed by atoms with van der Waals surface area (Å²) in [6, 6.07) is 8.68. The molecule has 1 N–H and O–H groups in total. The molecule has 1 aliphatic carbocycles. The Labute approximate surface area is 158 Å². The average Bonchev–Trinajstić information content (AvgIpc) is 2.65. The molecule has 0 spiro atoms. The van der Waals surface area contributed by atoms with E-state index in [2.05, 4.69) is 31.2 Å². The number of allylic oxidation sites excluding steroid dienone is 1. The smallest absolute Gasteiger partial charge is 0.327 e. The molecule has 3 nitrogen and oxygen atoms in total. The molecule has 1 aromatic rings. The summed E-state index contributed by atoms with van der Waals surface area (Å²) in [5.74, 6) is 1.41. The van der Waals surface area contributed by atoms with Crippen LogP contribution in [0.1, 0.15) is 82.6 Å². The fourth-order valence-corrected chi connectivity index (χ4v) is 3.82. The summed E-state index contributed by atoms with van der Waals surface area (Å²) >= 11 is 0. The molecule has 0 saturated heterocycles. The van der Waals surface area contributed by atoms with Crippen molar-refractivity contribution in [2.24, 2.45) is 5.92 Å². The van der Waals surface area contributed by atoms with Crippen LogP contribution in [0.3, 0.4) is 0 Å². The van der Waals surface area contributed by atoms with Gasteiger partial charge in [-0.05, 0) is 68.1 Å². The summed E-state index contributed by atoms with van der Waals surface area (Å²) in [6.45, 7) is 3.05. The standard InChI is InChI=1S/C23H34O3/c1-2-3-4-5-6-18-26-22-16-14-21(15-17-22)20-12-10-19(11-13-20)8-7-9-23(24)25/h7,9,14-17,19-20H,2-6,8,10-13,18H2,1H3,(H,24,25)/b9-7+. The Morgan fingerprint density at radius 1 is 1.08 bits per heavy atom. The summed E-state index contributed by atoms with van der Waals surface area (Å²) in [4.78, 5) is 10.5. The van der Waals surface area contributed by atoms with Crippen molar-refractivity contribution in [3.05, 3.63) is 42.0 Å². The first kappa shape index (κ1) is 20.5. The minimum atomic E-state index is -0.845. The molecule has 0 aromatic heterocycles. The zero-order valence-electron chi connectivity index (χ0n) is 16.2. The summed E-state index contributed by atoms with van der Waals surface area (Å²) in [5, 5.41) is 8.66. The molecular formula is C23H34O3. The molecule has 0 aliphatic heterocycles. The van der Waals surface area contributed by atoms with Crippen molar-refractivity contribution >= 4 is 5.97 Å². The van der Waals surface area contributed by atoms with E-state index in [4.69, 9.17) is 9.84 Å². The van der Waals surface area contributed by atoms with Gasteiger partial charge in [0.1, 0.15) is 5.75 Å². The van der Waals surface area contributed by atoms with Crippen molar-refractivity contribution in [1.29, 1.82) is 0 Å². The number of carboxylic acids is 1. The molecule has 0 atom stereocenters. The Kier molecular flexibility index (Phi) is 9.30. The highest BCUT2D eigenvalue weighted by atomic mass is 16.5. The van der Waals surface area contributed by atoms with Crippen LogP contribution in [0.4, 0.5) is 0 Å². The van der Waals surface area contributed by atoms with Crippen LogP contribution in [-0.4, -0.2) is 17.7 Å². The van der Waals surface area contributed by atoms with Crippen molar-refractivity contribution in [1.82, 2.24) is 0 Å². The van der Waals surface area contributed by atoms with E-state index in [0.717, 1.165) is 25.2 Å². The van der Waals surface area contributed by atoms with Crippen molar-refractivity contribution in [3.63, 3.8) is 0 Å². The maximum atomic E-state index is 10.5. The fourth-order valence-electron chi connectivity index (χ4n) is 3.82. The van der Waals surface area contributed by atoms with Crippen LogP contribution in [-0.2, 0) is 4.79 Å². The van der Waals surface area contributed by atoms with Crippen LogP contribution in [0.15, 0.2) is 36.4 Å². The fraction of sp³-hybridized carbons (Fsp3) is 0.609. The Hall–Kier alpha value is -1.77. The first-order chi connectivity index (χ1) is 12.7. The molecule has 3 heteroatoms. The van der Waals surface area contributed by atoms with Crippen molar-refractivity contribution in [2.75, 3.05) is 6.61 Å². The lowest BCUT2D eigenvalue weighted by Crippen LogP contribution is -2.13. The Balaban J connectivity index is 1.68. The third kappa shape index (κ3) is 7.63. The lowest BCUT2D eigenvalue weighted by molar-refractivity contribution is -0.131. The van der Waals surface area contributed by atoms with Crippen LogP contribution in [0.25, 0.3) is 0 Å². The zero-order valence-corrected chi connectivity index (χ0v) is 16.2. The van der Waals surface area contributed by atoms with Crippen LogP contribution in [0, 0.1) is 5.92 Å². The van der Waals surface area contributed by atoms with Gasteiger partial charge in [0.25, 0.3) is 0 Å². The van der Waals surface area contributed by atoms with E-state index < -0.39 is 5.97 Å². The highest BCUT2D eigenvalue weighted by molar-refractivity contribution is 5.79. The second kappa shape index (κ2) is 11.8. The zero-order chi connectivity index (χ0) is 18.6. The van der Waals surface area contributed by atoms with Gasteiger partial charge < -0.3 is 9.84 Å². The van der Waals surface area contributed by atoms with Crippen LogP contribution in [0.2, 0.25) is 0 Å². The van der Waals surface area contributed by atoms with Crippen molar-refractivity contribution < 1.29 is 14.6 Å². The van der Waals surface area contributed by atoms with Gasteiger partial charge in [-0.15, -0.1) is 0 Å². The van der Waals surface area contributed by atoms with Gasteiger partial charge in [-0.2, -0.15) is 0 Å². The number of benzene rings is 1. The molecular weight excluding hydrogens is 324 g/mol. The maximum absolute atomic E-state index is 10.5. The number of unbranched alkanes of at least 4 members (excludes halogenated alkanes) is 4. The second-order valence-corrected chi connectivity index (χ2v) is 7.53.